The molecule has 3 aliphatic heterocycles. The third-order valence-corrected chi connectivity index (χ3v) is 8.95. The van der Waals surface area contributed by atoms with Crippen molar-refractivity contribution in [2.75, 3.05) is 42.9 Å². The molecule has 2 saturated heterocycles. The molecule has 2 aromatic carbocycles. The first-order valence-corrected chi connectivity index (χ1v) is 14.8. The van der Waals surface area contributed by atoms with Gasteiger partial charge < -0.3 is 20.0 Å². The van der Waals surface area contributed by atoms with Crippen LogP contribution < -0.4 is 10.2 Å². The van der Waals surface area contributed by atoms with E-state index in [9.17, 15) is 9.59 Å². The molecular formula is C31H33Cl2N5O2. The fourth-order valence-electron chi connectivity index (χ4n) is 6.24. The van der Waals surface area contributed by atoms with E-state index in [1.807, 2.05) is 37.3 Å². The van der Waals surface area contributed by atoms with Gasteiger partial charge in [0.05, 0.1) is 18.3 Å². The normalized spacial score (nSPS) is 20.0. The molecule has 4 heterocycles. The van der Waals surface area contributed by atoms with Crippen LogP contribution in [0.15, 0.2) is 54.7 Å². The molecule has 1 N–H and O–H groups in total. The first-order valence-electron chi connectivity index (χ1n) is 14.0. The summed E-state index contributed by atoms with van der Waals surface area (Å²) in [6.07, 6.45) is 6.44. The molecular weight excluding hydrogens is 545 g/mol. The number of aromatic nitrogens is 1. The monoisotopic (exact) mass is 577 g/mol. The SMILES string of the molecule is CC(c1cc(Cl)ccc1Cl)N1C(=O)CNc2ncc(-c3ccc(C(=O)N4CCC[C@H]4CN4CCCC4)cc3)cc21. The molecule has 7 nitrogen and oxygen atoms in total. The van der Waals surface area contributed by atoms with Crippen LogP contribution in [0.25, 0.3) is 11.1 Å². The minimum atomic E-state index is -0.342. The Morgan fingerprint density at radius 2 is 1.80 bits per heavy atom. The van der Waals surface area contributed by atoms with Gasteiger partial charge in [-0.25, -0.2) is 4.98 Å². The molecule has 0 bridgehead atoms. The topological polar surface area (TPSA) is 68.8 Å². The van der Waals surface area contributed by atoms with Crippen LogP contribution in [0.5, 0.6) is 0 Å². The number of anilines is 2. The van der Waals surface area contributed by atoms with E-state index in [1.165, 1.54) is 12.8 Å². The highest BCUT2D eigenvalue weighted by Crippen LogP contribution is 2.39. The third-order valence-electron chi connectivity index (χ3n) is 8.37. The number of nitrogens with zero attached hydrogens (tertiary/aromatic N) is 4. The van der Waals surface area contributed by atoms with Gasteiger partial charge in [-0.1, -0.05) is 35.3 Å². The Hall–Kier alpha value is -3.13. The number of carbonyl (C=O) groups is 2. The van der Waals surface area contributed by atoms with Gasteiger partial charge in [-0.2, -0.15) is 0 Å². The average molecular weight is 579 g/mol. The summed E-state index contributed by atoms with van der Waals surface area (Å²) in [5.41, 5.74) is 3.93. The van der Waals surface area contributed by atoms with Crippen molar-refractivity contribution >= 4 is 46.5 Å². The molecule has 2 amide bonds. The lowest BCUT2D eigenvalue weighted by Crippen LogP contribution is -2.42. The quantitative estimate of drug-likeness (QED) is 0.373. The summed E-state index contributed by atoms with van der Waals surface area (Å²) in [4.78, 5) is 37.5. The summed E-state index contributed by atoms with van der Waals surface area (Å²) in [5.74, 6) is 0.660. The van der Waals surface area contributed by atoms with E-state index >= 15 is 0 Å². The van der Waals surface area contributed by atoms with Crippen LogP contribution in [0.1, 0.15) is 54.6 Å². The van der Waals surface area contributed by atoms with Crippen molar-refractivity contribution in [2.45, 2.75) is 44.7 Å². The van der Waals surface area contributed by atoms with Crippen LogP contribution in [0.2, 0.25) is 10.0 Å². The van der Waals surface area contributed by atoms with Crippen LogP contribution in [0.3, 0.4) is 0 Å². The zero-order chi connectivity index (χ0) is 27.8. The highest BCUT2D eigenvalue weighted by atomic mass is 35.5. The van der Waals surface area contributed by atoms with Crippen molar-refractivity contribution in [1.82, 2.24) is 14.8 Å². The highest BCUT2D eigenvalue weighted by Gasteiger charge is 2.33. The van der Waals surface area contributed by atoms with Gasteiger partial charge in [-0.15, -0.1) is 0 Å². The van der Waals surface area contributed by atoms with E-state index in [4.69, 9.17) is 23.2 Å². The predicted molar refractivity (Wildman–Crippen MR) is 160 cm³/mol. The van der Waals surface area contributed by atoms with Crippen LogP contribution >= 0.6 is 23.2 Å². The molecule has 6 rings (SSSR count). The Balaban J connectivity index is 1.24. The molecule has 3 aromatic rings. The van der Waals surface area contributed by atoms with Crippen molar-refractivity contribution in [3.63, 3.8) is 0 Å². The van der Waals surface area contributed by atoms with Crippen molar-refractivity contribution in [3.05, 3.63) is 75.9 Å². The first-order chi connectivity index (χ1) is 19.4. The van der Waals surface area contributed by atoms with E-state index in [2.05, 4.69) is 20.1 Å². The van der Waals surface area contributed by atoms with Crippen molar-refractivity contribution < 1.29 is 9.59 Å². The molecule has 3 aliphatic rings. The van der Waals surface area contributed by atoms with Crippen LogP contribution in [0.4, 0.5) is 11.5 Å². The van der Waals surface area contributed by atoms with Gasteiger partial charge >= 0.3 is 0 Å². The number of nitrogens with one attached hydrogen (secondary N) is 1. The maximum atomic E-state index is 13.4. The Morgan fingerprint density at radius 1 is 1.02 bits per heavy atom. The number of likely N-dealkylation sites (tertiary alicyclic amines) is 2. The Morgan fingerprint density at radius 3 is 2.58 bits per heavy atom. The zero-order valence-electron chi connectivity index (χ0n) is 22.6. The first kappa shape index (κ1) is 27.1. The molecule has 1 aromatic heterocycles. The highest BCUT2D eigenvalue weighted by molar-refractivity contribution is 6.33. The predicted octanol–water partition coefficient (Wildman–Crippen LogP) is 6.28. The van der Waals surface area contributed by atoms with Crippen LogP contribution in [-0.4, -0.2) is 65.4 Å². The summed E-state index contributed by atoms with van der Waals surface area (Å²) in [5, 5.41) is 4.24. The summed E-state index contributed by atoms with van der Waals surface area (Å²) in [6, 6.07) is 14.9. The largest absolute Gasteiger partial charge is 0.359 e. The van der Waals surface area contributed by atoms with E-state index in [0.717, 1.165) is 55.7 Å². The van der Waals surface area contributed by atoms with Gasteiger partial charge in [-0.3, -0.25) is 9.59 Å². The Bertz CT molecular complexity index is 1420. The molecule has 0 spiro atoms. The molecule has 40 heavy (non-hydrogen) atoms. The molecule has 2 fully saturated rings. The average Bonchev–Trinajstić information content (AvgIpc) is 3.66. The fraction of sp³-hybridized carbons (Fsp3) is 0.387. The number of fused-ring (bicyclic) bond motifs is 1. The van der Waals surface area contributed by atoms with Crippen molar-refractivity contribution in [1.29, 1.82) is 0 Å². The Labute approximate surface area is 245 Å². The second kappa shape index (κ2) is 11.4. The van der Waals surface area contributed by atoms with Gasteiger partial charge in [0.15, 0.2) is 5.82 Å². The van der Waals surface area contributed by atoms with E-state index in [0.29, 0.717) is 33.2 Å². The Kier molecular flexibility index (Phi) is 7.71. The zero-order valence-corrected chi connectivity index (χ0v) is 24.1. The molecule has 9 heteroatoms. The number of rotatable bonds is 6. The molecule has 0 radical (unpaired) electrons. The molecule has 0 aliphatic carbocycles. The summed E-state index contributed by atoms with van der Waals surface area (Å²) >= 11 is 12.7. The van der Waals surface area contributed by atoms with Crippen molar-refractivity contribution in [3.8, 4) is 11.1 Å². The third kappa shape index (κ3) is 5.30. The van der Waals surface area contributed by atoms with E-state index < -0.39 is 0 Å². The number of benzene rings is 2. The van der Waals surface area contributed by atoms with E-state index in [1.54, 1.807) is 29.3 Å². The molecule has 208 valence electrons. The minimum Gasteiger partial charge on any atom is -0.359 e. The lowest BCUT2D eigenvalue weighted by molar-refractivity contribution is -0.117. The summed E-state index contributed by atoms with van der Waals surface area (Å²) in [7, 11) is 0. The number of hydrogen-bond acceptors (Lipinski definition) is 5. The molecule has 1 unspecified atom stereocenters. The van der Waals surface area contributed by atoms with Crippen LogP contribution in [0, 0.1) is 0 Å². The standard InChI is InChI=1S/C31H33Cl2N5O2/c1-20(26-16-24(32)10-11-27(26)33)38-28-15-23(17-34-30(28)35-18-29(38)39)21-6-8-22(9-7-21)31(40)37-14-4-5-25(37)19-36-12-2-3-13-36/h6-11,15-17,20,25H,2-5,12-14,18-19H2,1H3,(H,34,35)/t20?,25-/m0/s1. The lowest BCUT2D eigenvalue weighted by atomic mass is 10.0. The van der Waals surface area contributed by atoms with Gasteiger partial charge in [0.2, 0.25) is 5.91 Å². The van der Waals surface area contributed by atoms with Gasteiger partial charge in [0.1, 0.15) is 0 Å². The molecule has 2 atom stereocenters. The number of pyridine rings is 1. The fourth-order valence-corrected chi connectivity index (χ4v) is 6.69. The maximum Gasteiger partial charge on any atom is 0.254 e. The maximum absolute atomic E-state index is 13.4. The van der Waals surface area contributed by atoms with Gasteiger partial charge in [0, 0.05) is 46.5 Å². The number of carbonyl (C=O) groups excluding carboxylic acids is 2. The minimum absolute atomic E-state index is 0.0787. The number of amides is 2. The van der Waals surface area contributed by atoms with Crippen molar-refractivity contribution in [2.24, 2.45) is 0 Å². The van der Waals surface area contributed by atoms with Gasteiger partial charge in [0.25, 0.3) is 5.91 Å². The molecule has 0 saturated carbocycles. The summed E-state index contributed by atoms with van der Waals surface area (Å²) in [6.45, 7) is 6.17. The number of hydrogen-bond donors (Lipinski definition) is 1. The smallest absolute Gasteiger partial charge is 0.254 e. The second-order valence-electron chi connectivity index (χ2n) is 10.9. The van der Waals surface area contributed by atoms with E-state index in [-0.39, 0.29) is 24.4 Å². The summed E-state index contributed by atoms with van der Waals surface area (Å²) < 4.78 is 0. The number of halogens is 2. The second-order valence-corrected chi connectivity index (χ2v) is 11.8. The van der Waals surface area contributed by atoms with Gasteiger partial charge in [-0.05, 0) is 93.2 Å². The lowest BCUT2D eigenvalue weighted by Gasteiger charge is -2.35. The van der Waals surface area contributed by atoms with Crippen LogP contribution in [-0.2, 0) is 4.79 Å².